The zero-order chi connectivity index (χ0) is 34.4. The maximum atomic E-state index is 13.3. The molecule has 0 aliphatic heterocycles. The molecule has 0 aliphatic rings. The topological polar surface area (TPSA) is 193 Å². The van der Waals surface area contributed by atoms with Gasteiger partial charge in [-0.3, -0.25) is 14.4 Å². The average molecular weight is 643 g/mol. The zero-order valence-electron chi connectivity index (χ0n) is 27.1. The van der Waals surface area contributed by atoms with Crippen LogP contribution in [0.15, 0.2) is 36.4 Å². The Hall–Kier alpha value is -4.17. The molecule has 1 aromatic carbocycles. The van der Waals surface area contributed by atoms with Crippen molar-refractivity contribution >= 4 is 29.5 Å². The molecule has 0 bridgehead atoms. The molecule has 0 fully saturated rings. The van der Waals surface area contributed by atoms with E-state index in [1.165, 1.54) is 25.0 Å². The third-order valence-electron chi connectivity index (χ3n) is 7.54. The minimum atomic E-state index is -2.90. The fraction of sp³-hybridized carbons (Fsp3) is 0.571. The van der Waals surface area contributed by atoms with Crippen LogP contribution in [0, 0.1) is 17.8 Å². The van der Waals surface area contributed by atoms with E-state index in [1.54, 1.807) is 31.2 Å². The summed E-state index contributed by atoms with van der Waals surface area (Å²) in [6.07, 6.45) is 11.7. The summed E-state index contributed by atoms with van der Waals surface area (Å²) in [6, 6.07) is 5.04. The molecular weight excluding hydrogens is 592 g/mol. The van der Waals surface area contributed by atoms with Crippen molar-refractivity contribution in [2.45, 2.75) is 115 Å². The highest BCUT2D eigenvalue weighted by Gasteiger charge is 2.48. The van der Waals surface area contributed by atoms with Crippen molar-refractivity contribution in [1.29, 1.82) is 0 Å². The first kappa shape index (κ1) is 39.9. The number of carboxylic acid groups (broad SMARTS) is 2. The number of aliphatic carboxylic acids is 2. The predicted octanol–water partition coefficient (Wildman–Crippen LogP) is 4.33. The first-order chi connectivity index (χ1) is 21.9. The summed E-state index contributed by atoms with van der Waals surface area (Å²) in [7, 11) is 0. The summed E-state index contributed by atoms with van der Waals surface area (Å²) >= 11 is 0. The lowest BCUT2D eigenvalue weighted by Gasteiger charge is -2.29. The van der Waals surface area contributed by atoms with Crippen LogP contribution in [-0.4, -0.2) is 63.1 Å². The van der Waals surface area contributed by atoms with Crippen LogP contribution < -0.4 is 15.8 Å². The van der Waals surface area contributed by atoms with Gasteiger partial charge < -0.3 is 31.1 Å². The molecule has 0 saturated carbocycles. The molecule has 0 aliphatic carbocycles. The number of hydrogen-bond acceptors (Lipinski definition) is 7. The molecule has 0 radical (unpaired) electrons. The number of primary amides is 1. The summed E-state index contributed by atoms with van der Waals surface area (Å²) in [5, 5.41) is 32.9. The molecule has 0 aromatic heterocycles. The number of rotatable bonds is 25. The second-order valence-corrected chi connectivity index (χ2v) is 11.4. The van der Waals surface area contributed by atoms with Crippen LogP contribution in [0.3, 0.4) is 0 Å². The van der Waals surface area contributed by atoms with E-state index in [9.17, 15) is 39.3 Å². The Labute approximate surface area is 272 Å². The quantitative estimate of drug-likeness (QED) is 0.0586. The van der Waals surface area contributed by atoms with E-state index in [2.05, 4.69) is 24.1 Å². The highest BCUT2D eigenvalue weighted by atomic mass is 16.5. The molecule has 11 nitrogen and oxygen atoms in total. The zero-order valence-corrected chi connectivity index (χ0v) is 27.1. The summed E-state index contributed by atoms with van der Waals surface area (Å²) in [4.78, 5) is 61.1. The molecular formula is C35H50N2O9. The number of Topliss-reactive ketones (excluding diaryl/α,β-unsaturated/α-hetero) is 1. The maximum absolute atomic E-state index is 13.3. The number of carbonyl (C=O) groups excluding carboxylic acids is 3. The van der Waals surface area contributed by atoms with Gasteiger partial charge in [0.25, 0.3) is 0 Å². The summed E-state index contributed by atoms with van der Waals surface area (Å²) in [5.41, 5.74) is 2.85. The number of carbonyl (C=O) groups is 5. The lowest BCUT2D eigenvalue weighted by Crippen LogP contribution is -2.56. The van der Waals surface area contributed by atoms with E-state index >= 15 is 0 Å². The Balaban J connectivity index is 2.83. The molecule has 3 atom stereocenters. The maximum Gasteiger partial charge on any atom is 0.337 e. The summed E-state index contributed by atoms with van der Waals surface area (Å²) in [5.74, 6) is -0.990. The van der Waals surface area contributed by atoms with E-state index in [-0.39, 0.29) is 18.8 Å². The lowest BCUT2D eigenvalue weighted by atomic mass is 9.82. The van der Waals surface area contributed by atoms with Crippen LogP contribution in [-0.2, 0) is 30.4 Å². The van der Waals surface area contributed by atoms with Crippen LogP contribution in [0.5, 0.6) is 5.75 Å². The number of nitrogens with two attached hydrogens (primary N) is 1. The number of carboxylic acids is 2. The number of ether oxygens (including phenoxy) is 1. The second-order valence-electron chi connectivity index (χ2n) is 11.4. The Morgan fingerprint density at radius 1 is 0.957 bits per heavy atom. The summed E-state index contributed by atoms with van der Waals surface area (Å²) in [6.45, 7) is 4.03. The number of nitrogens with one attached hydrogen (secondary N) is 1. The van der Waals surface area contributed by atoms with Crippen LogP contribution >= 0.6 is 0 Å². The third kappa shape index (κ3) is 15.7. The van der Waals surface area contributed by atoms with E-state index < -0.39 is 47.7 Å². The molecule has 0 heterocycles. The normalized spacial score (nSPS) is 13.5. The number of ketones is 1. The fourth-order valence-electron chi connectivity index (χ4n) is 4.88. The van der Waals surface area contributed by atoms with Gasteiger partial charge in [0.1, 0.15) is 24.2 Å². The molecule has 0 spiro atoms. The van der Waals surface area contributed by atoms with Crippen LogP contribution in [0.4, 0.5) is 0 Å². The van der Waals surface area contributed by atoms with Crippen LogP contribution in [0.1, 0.15) is 103 Å². The van der Waals surface area contributed by atoms with E-state index in [0.717, 1.165) is 38.5 Å². The van der Waals surface area contributed by atoms with Gasteiger partial charge in [0.05, 0.1) is 12.3 Å². The Kier molecular flexibility index (Phi) is 19.4. The van der Waals surface area contributed by atoms with Crippen molar-refractivity contribution in [3.8, 4) is 17.6 Å². The monoisotopic (exact) mass is 642 g/mol. The van der Waals surface area contributed by atoms with Gasteiger partial charge >= 0.3 is 11.9 Å². The Morgan fingerprint density at radius 2 is 1.57 bits per heavy atom. The van der Waals surface area contributed by atoms with Gasteiger partial charge in [-0.15, -0.1) is 5.92 Å². The molecule has 6 N–H and O–H groups in total. The smallest absolute Gasteiger partial charge is 0.337 e. The van der Waals surface area contributed by atoms with Crippen molar-refractivity contribution in [1.82, 2.24) is 5.32 Å². The van der Waals surface area contributed by atoms with Crippen LogP contribution in [0.25, 0.3) is 0 Å². The molecule has 2 amide bonds. The Morgan fingerprint density at radius 3 is 2.11 bits per heavy atom. The van der Waals surface area contributed by atoms with Gasteiger partial charge in [-0.2, -0.15) is 0 Å². The standard InChI is InChI=1S/C35H50N2O9/c1-3-5-7-10-13-16-27(38)17-14-11-8-9-12-15-18-29(35(45,34(43)44)25-31(36)39)32(40)37-30(33(41)42)24-26-19-21-28(22-20-26)46-23-6-4-2/h15,18-22,29-30,45H,3,5,7-14,16-17,23-25H2,1-2H3,(H2,36,39)(H,37,40)(H,41,42)(H,43,44)/b18-15+/t29-,30+,35+/m1/s1. The van der Waals surface area contributed by atoms with Gasteiger partial charge in [0, 0.05) is 19.3 Å². The van der Waals surface area contributed by atoms with Gasteiger partial charge in [0.2, 0.25) is 11.8 Å². The summed E-state index contributed by atoms with van der Waals surface area (Å²) < 4.78 is 5.45. The Bertz CT molecular complexity index is 1220. The number of aliphatic hydroxyl groups is 1. The van der Waals surface area contributed by atoms with Crippen molar-refractivity contribution in [3.05, 3.63) is 42.0 Å². The highest BCUT2D eigenvalue weighted by molar-refractivity contribution is 5.95. The third-order valence-corrected chi connectivity index (χ3v) is 7.54. The highest BCUT2D eigenvalue weighted by Crippen LogP contribution is 2.25. The van der Waals surface area contributed by atoms with Crippen LogP contribution in [0.2, 0.25) is 0 Å². The fourth-order valence-corrected chi connectivity index (χ4v) is 4.88. The lowest BCUT2D eigenvalue weighted by molar-refractivity contribution is -0.169. The SMILES string of the molecule is CC#CCOc1ccc(C[C@H](NC(=O)[C@@H](/C=C/CCCCCCC(=O)CCCCCCC)[C@@](O)(CC(N)=O)C(=O)O)C(=O)O)cc1. The average Bonchev–Trinajstić information content (AvgIpc) is 3.00. The second kappa shape index (κ2) is 22.4. The van der Waals surface area contributed by atoms with Gasteiger partial charge in [-0.1, -0.05) is 75.7 Å². The first-order valence-electron chi connectivity index (χ1n) is 16.0. The number of unbranched alkanes of at least 4 members (excludes halogenated alkanes) is 8. The van der Waals surface area contributed by atoms with E-state index in [4.69, 9.17) is 10.5 Å². The number of allylic oxidation sites excluding steroid dienone is 1. The largest absolute Gasteiger partial charge is 0.481 e. The van der Waals surface area contributed by atoms with Crippen molar-refractivity contribution in [2.75, 3.05) is 6.61 Å². The van der Waals surface area contributed by atoms with E-state index in [0.29, 0.717) is 37.0 Å². The van der Waals surface area contributed by atoms with Crippen molar-refractivity contribution in [2.24, 2.45) is 11.7 Å². The molecule has 0 unspecified atom stereocenters. The minimum Gasteiger partial charge on any atom is -0.481 e. The molecule has 1 aromatic rings. The molecule has 0 saturated heterocycles. The van der Waals surface area contributed by atoms with E-state index in [1.807, 2.05) is 0 Å². The molecule has 1 rings (SSSR count). The first-order valence-corrected chi connectivity index (χ1v) is 16.0. The van der Waals surface area contributed by atoms with Gasteiger partial charge in [-0.25, -0.2) is 9.59 Å². The van der Waals surface area contributed by atoms with Gasteiger partial charge in [0.15, 0.2) is 5.60 Å². The number of hydrogen-bond donors (Lipinski definition) is 5. The van der Waals surface area contributed by atoms with Gasteiger partial charge in [-0.05, 0) is 50.3 Å². The molecule has 46 heavy (non-hydrogen) atoms. The molecule has 254 valence electrons. The molecule has 11 heteroatoms. The number of benzene rings is 1. The predicted molar refractivity (Wildman–Crippen MR) is 174 cm³/mol. The minimum absolute atomic E-state index is 0.144. The number of amides is 2. The van der Waals surface area contributed by atoms with Crippen molar-refractivity contribution in [3.63, 3.8) is 0 Å². The van der Waals surface area contributed by atoms with Crippen molar-refractivity contribution < 1.29 is 44.0 Å².